The minimum atomic E-state index is -0.652. The van der Waals surface area contributed by atoms with Crippen molar-refractivity contribution >= 4 is 11.8 Å². The van der Waals surface area contributed by atoms with Crippen LogP contribution in [0.2, 0.25) is 0 Å². The highest BCUT2D eigenvalue weighted by atomic mass is 16.2. The average molecular weight is 501 g/mol. The molecule has 0 saturated carbocycles. The van der Waals surface area contributed by atoms with Gasteiger partial charge in [0.2, 0.25) is 11.8 Å². The van der Waals surface area contributed by atoms with Crippen LogP contribution in [0.4, 0.5) is 0 Å². The molecule has 6 heteroatoms. The number of aryl methyl sites for hydroxylation is 1. The Morgan fingerprint density at radius 2 is 1.49 bits per heavy atom. The maximum absolute atomic E-state index is 14.1. The molecular weight excluding hydrogens is 460 g/mol. The van der Waals surface area contributed by atoms with Crippen molar-refractivity contribution in [1.82, 2.24) is 19.6 Å². The Bertz CT molecular complexity index is 1080. The summed E-state index contributed by atoms with van der Waals surface area (Å²) in [6, 6.07) is 21.2. The van der Waals surface area contributed by atoms with Crippen LogP contribution in [0.3, 0.4) is 0 Å². The molecule has 2 atom stereocenters. The normalized spacial score (nSPS) is 26.3. The van der Waals surface area contributed by atoms with E-state index < -0.39 is 5.54 Å². The summed E-state index contributed by atoms with van der Waals surface area (Å²) in [4.78, 5) is 37.1. The van der Waals surface area contributed by atoms with E-state index in [-0.39, 0.29) is 23.9 Å². The summed E-state index contributed by atoms with van der Waals surface area (Å²) < 4.78 is 0. The lowest BCUT2D eigenvalue weighted by atomic mass is 9.79. The van der Waals surface area contributed by atoms with E-state index in [2.05, 4.69) is 75.4 Å². The smallest absolute Gasteiger partial charge is 0.249 e. The third-order valence-corrected chi connectivity index (χ3v) is 9.22. The molecule has 0 aliphatic carbocycles. The first-order valence-electron chi connectivity index (χ1n) is 14.3. The van der Waals surface area contributed by atoms with Crippen molar-refractivity contribution in [2.24, 2.45) is 0 Å². The molecule has 37 heavy (non-hydrogen) atoms. The van der Waals surface area contributed by atoms with E-state index in [1.165, 1.54) is 11.1 Å². The topological polar surface area (TPSA) is 47.1 Å². The Labute approximate surface area is 221 Å². The number of piperidine rings is 1. The number of carbonyl (C=O) groups excluding carboxylic acids is 2. The minimum absolute atomic E-state index is 0.132. The SMILES string of the molecule is O=C1C2CCCN2C(=O)C2(CCN(CCCc3ccccc3)CC2)N1C1CCN(Cc2ccccc2)C1. The Balaban J connectivity index is 1.15. The van der Waals surface area contributed by atoms with Crippen molar-refractivity contribution in [1.29, 1.82) is 0 Å². The Morgan fingerprint density at radius 3 is 2.22 bits per heavy atom. The first kappa shape index (κ1) is 24.6. The van der Waals surface area contributed by atoms with Crippen molar-refractivity contribution in [2.45, 2.75) is 69.1 Å². The van der Waals surface area contributed by atoms with Crippen LogP contribution < -0.4 is 0 Å². The van der Waals surface area contributed by atoms with Gasteiger partial charge in [-0.3, -0.25) is 14.5 Å². The number of nitrogens with zero attached hydrogens (tertiary/aromatic N) is 4. The van der Waals surface area contributed by atoms with Crippen LogP contribution >= 0.6 is 0 Å². The van der Waals surface area contributed by atoms with Crippen LogP contribution in [-0.2, 0) is 22.6 Å². The molecule has 0 aromatic heterocycles. The van der Waals surface area contributed by atoms with E-state index in [0.717, 1.165) is 90.8 Å². The van der Waals surface area contributed by atoms with Crippen LogP contribution in [0.25, 0.3) is 0 Å². The van der Waals surface area contributed by atoms with Gasteiger partial charge >= 0.3 is 0 Å². The summed E-state index contributed by atoms with van der Waals surface area (Å²) in [5, 5.41) is 0. The van der Waals surface area contributed by atoms with E-state index in [9.17, 15) is 9.59 Å². The van der Waals surface area contributed by atoms with E-state index in [0.29, 0.717) is 0 Å². The van der Waals surface area contributed by atoms with Gasteiger partial charge < -0.3 is 14.7 Å². The number of benzene rings is 2. The Kier molecular flexibility index (Phi) is 7.04. The number of likely N-dealkylation sites (tertiary alicyclic amines) is 2. The van der Waals surface area contributed by atoms with Crippen molar-refractivity contribution in [3.8, 4) is 0 Å². The fraction of sp³-hybridized carbons (Fsp3) is 0.548. The van der Waals surface area contributed by atoms with Gasteiger partial charge in [0.05, 0.1) is 0 Å². The quantitative estimate of drug-likeness (QED) is 0.583. The van der Waals surface area contributed by atoms with Gasteiger partial charge in [-0.2, -0.15) is 0 Å². The molecule has 4 heterocycles. The molecule has 4 aliphatic heterocycles. The highest BCUT2D eigenvalue weighted by Crippen LogP contribution is 2.42. The summed E-state index contributed by atoms with van der Waals surface area (Å²) >= 11 is 0. The highest BCUT2D eigenvalue weighted by Gasteiger charge is 2.59. The second kappa shape index (κ2) is 10.6. The molecule has 0 radical (unpaired) electrons. The van der Waals surface area contributed by atoms with Crippen LogP contribution in [0.5, 0.6) is 0 Å². The van der Waals surface area contributed by atoms with Crippen LogP contribution in [-0.4, -0.2) is 88.3 Å². The molecule has 6 rings (SSSR count). The number of rotatable bonds is 7. The molecule has 4 saturated heterocycles. The lowest BCUT2D eigenvalue weighted by Gasteiger charge is -2.55. The van der Waals surface area contributed by atoms with E-state index >= 15 is 0 Å². The van der Waals surface area contributed by atoms with Crippen LogP contribution in [0.15, 0.2) is 60.7 Å². The highest BCUT2D eigenvalue weighted by molar-refractivity contribution is 6.00. The molecule has 2 amide bonds. The molecule has 0 bridgehead atoms. The zero-order valence-corrected chi connectivity index (χ0v) is 21.9. The molecule has 4 aliphatic rings. The van der Waals surface area contributed by atoms with Crippen molar-refractivity contribution in [3.05, 3.63) is 71.8 Å². The average Bonchev–Trinajstić information content (AvgIpc) is 3.60. The Morgan fingerprint density at radius 1 is 0.784 bits per heavy atom. The monoisotopic (exact) mass is 500 g/mol. The van der Waals surface area contributed by atoms with Gasteiger partial charge in [-0.1, -0.05) is 60.7 Å². The molecule has 0 N–H and O–H groups in total. The van der Waals surface area contributed by atoms with Gasteiger partial charge in [0.25, 0.3) is 0 Å². The van der Waals surface area contributed by atoms with Gasteiger partial charge in [-0.25, -0.2) is 0 Å². The van der Waals surface area contributed by atoms with Crippen LogP contribution in [0, 0.1) is 0 Å². The number of amides is 2. The summed E-state index contributed by atoms with van der Waals surface area (Å²) in [6.07, 6.45) is 6.47. The van der Waals surface area contributed by atoms with Crippen LogP contribution in [0.1, 0.15) is 49.7 Å². The number of hydrogen-bond donors (Lipinski definition) is 0. The van der Waals surface area contributed by atoms with Crippen molar-refractivity contribution in [3.63, 3.8) is 0 Å². The first-order valence-corrected chi connectivity index (χ1v) is 14.3. The van der Waals surface area contributed by atoms with Gasteiger partial charge in [0.1, 0.15) is 11.6 Å². The second-order valence-corrected chi connectivity index (χ2v) is 11.5. The molecule has 2 unspecified atom stereocenters. The largest absolute Gasteiger partial charge is 0.329 e. The molecule has 2 aromatic carbocycles. The molecule has 196 valence electrons. The fourth-order valence-corrected chi connectivity index (χ4v) is 7.30. The maximum Gasteiger partial charge on any atom is 0.249 e. The van der Waals surface area contributed by atoms with Gasteiger partial charge in [-0.05, 0) is 62.6 Å². The molecule has 4 fully saturated rings. The third kappa shape index (κ3) is 4.82. The van der Waals surface area contributed by atoms with Crippen molar-refractivity contribution < 1.29 is 9.59 Å². The second-order valence-electron chi connectivity index (χ2n) is 11.5. The fourth-order valence-electron chi connectivity index (χ4n) is 7.30. The van der Waals surface area contributed by atoms with E-state index in [1.807, 2.05) is 4.90 Å². The third-order valence-electron chi connectivity index (χ3n) is 9.22. The summed E-state index contributed by atoms with van der Waals surface area (Å²) in [6.45, 7) is 6.33. The van der Waals surface area contributed by atoms with Gasteiger partial charge in [0.15, 0.2) is 0 Å². The molecular formula is C31H40N4O2. The zero-order chi connectivity index (χ0) is 25.2. The number of hydrogen-bond acceptors (Lipinski definition) is 4. The molecule has 6 nitrogen and oxygen atoms in total. The number of fused-ring (bicyclic) bond motifs is 1. The predicted molar refractivity (Wildman–Crippen MR) is 145 cm³/mol. The Hall–Kier alpha value is -2.70. The summed E-state index contributed by atoms with van der Waals surface area (Å²) in [5.74, 6) is 0.459. The molecule has 1 spiro atoms. The summed E-state index contributed by atoms with van der Waals surface area (Å²) in [7, 11) is 0. The van der Waals surface area contributed by atoms with Gasteiger partial charge in [0, 0.05) is 45.3 Å². The molecule has 2 aromatic rings. The summed E-state index contributed by atoms with van der Waals surface area (Å²) in [5.41, 5.74) is 2.04. The first-order chi connectivity index (χ1) is 18.1. The zero-order valence-electron chi connectivity index (χ0n) is 21.9. The van der Waals surface area contributed by atoms with E-state index in [4.69, 9.17) is 0 Å². The van der Waals surface area contributed by atoms with E-state index in [1.54, 1.807) is 0 Å². The minimum Gasteiger partial charge on any atom is -0.329 e. The lowest BCUT2D eigenvalue weighted by Crippen LogP contribution is -2.74. The number of carbonyl (C=O) groups is 2. The van der Waals surface area contributed by atoms with Crippen molar-refractivity contribution in [2.75, 3.05) is 39.3 Å². The predicted octanol–water partition coefficient (Wildman–Crippen LogP) is 3.56. The standard InChI is InChI=1S/C31H40N4O2/c36-29-28-14-8-19-34(28)30(37)31(16-21-32(22-17-31)18-7-13-25-9-3-1-4-10-25)35(29)27-15-20-33(24-27)23-26-11-5-2-6-12-26/h1-6,9-12,27-28H,7-8,13-24H2. The maximum atomic E-state index is 14.1. The lowest BCUT2D eigenvalue weighted by molar-refractivity contribution is -0.176. The number of piperazine rings is 1. The van der Waals surface area contributed by atoms with Gasteiger partial charge in [-0.15, -0.1) is 0 Å².